The van der Waals surface area contributed by atoms with Gasteiger partial charge in [0.2, 0.25) is 0 Å². The van der Waals surface area contributed by atoms with Crippen LogP contribution in [0.1, 0.15) is 39.3 Å². The Morgan fingerprint density at radius 3 is 2.39 bits per heavy atom. The van der Waals surface area contributed by atoms with Gasteiger partial charge in [0.05, 0.1) is 17.2 Å². The summed E-state index contributed by atoms with van der Waals surface area (Å²) >= 11 is 3.48. The Morgan fingerprint density at radius 1 is 1.33 bits per heavy atom. The number of methoxy groups -OCH3 is 1. The van der Waals surface area contributed by atoms with Gasteiger partial charge in [-0.25, -0.2) is 0 Å². The van der Waals surface area contributed by atoms with Gasteiger partial charge in [0.1, 0.15) is 5.75 Å². The Bertz CT molecular complexity index is 401. The fourth-order valence-electron chi connectivity index (χ4n) is 1.63. The molecule has 4 heteroatoms. The van der Waals surface area contributed by atoms with Crippen molar-refractivity contribution in [1.29, 1.82) is 0 Å². The van der Waals surface area contributed by atoms with Crippen LogP contribution in [-0.2, 0) is 0 Å². The maximum atomic E-state index is 9.93. The molecule has 0 amide bonds. The molecule has 3 nitrogen and oxygen atoms in total. The van der Waals surface area contributed by atoms with Crippen molar-refractivity contribution < 1.29 is 9.84 Å². The molecule has 0 aliphatic heterocycles. The largest absolute Gasteiger partial charge is 0.496 e. The lowest BCUT2D eigenvalue weighted by molar-refractivity contribution is 0.0405. The van der Waals surface area contributed by atoms with Crippen LogP contribution in [0.4, 0.5) is 0 Å². The molecule has 18 heavy (non-hydrogen) atoms. The zero-order chi connectivity index (χ0) is 13.9. The molecule has 1 aromatic rings. The third kappa shape index (κ3) is 3.97. The third-order valence-corrected chi connectivity index (χ3v) is 3.86. The lowest BCUT2D eigenvalue weighted by Crippen LogP contribution is -2.45. The summed E-state index contributed by atoms with van der Waals surface area (Å²) in [6.07, 6.45) is 0. The van der Waals surface area contributed by atoms with Gasteiger partial charge in [-0.05, 0) is 61.3 Å². The van der Waals surface area contributed by atoms with E-state index in [1.54, 1.807) is 21.0 Å². The van der Waals surface area contributed by atoms with Crippen molar-refractivity contribution in [3.05, 3.63) is 28.2 Å². The quantitative estimate of drug-likeness (QED) is 0.876. The lowest BCUT2D eigenvalue weighted by atomic mass is 9.98. The molecule has 0 fully saturated rings. The molecule has 102 valence electrons. The Kier molecular flexibility index (Phi) is 5.20. The van der Waals surface area contributed by atoms with Gasteiger partial charge in [-0.3, -0.25) is 0 Å². The molecule has 1 rings (SSSR count). The van der Waals surface area contributed by atoms with Gasteiger partial charge in [-0.15, -0.1) is 0 Å². The van der Waals surface area contributed by atoms with Crippen LogP contribution in [0, 0.1) is 0 Å². The molecular formula is C14H22BrNO2. The molecule has 0 aromatic heterocycles. The van der Waals surface area contributed by atoms with Crippen LogP contribution in [0.15, 0.2) is 22.7 Å². The predicted molar refractivity (Wildman–Crippen MR) is 78.0 cm³/mol. The third-order valence-electron chi connectivity index (χ3n) is 3.24. The molecule has 0 saturated heterocycles. The van der Waals surface area contributed by atoms with E-state index in [2.05, 4.69) is 28.2 Å². The molecule has 0 bridgehead atoms. The minimum absolute atomic E-state index is 0.00776. The molecule has 2 unspecified atom stereocenters. The van der Waals surface area contributed by atoms with E-state index in [4.69, 9.17) is 4.74 Å². The first-order chi connectivity index (χ1) is 8.25. The second kappa shape index (κ2) is 6.04. The number of aliphatic hydroxyl groups is 1. The zero-order valence-corrected chi connectivity index (χ0v) is 13.2. The lowest BCUT2D eigenvalue weighted by Gasteiger charge is -2.30. The number of rotatable bonds is 5. The number of halogens is 1. The summed E-state index contributed by atoms with van der Waals surface area (Å²) in [5.74, 6) is 0.821. The number of hydrogen-bond acceptors (Lipinski definition) is 3. The fourth-order valence-corrected chi connectivity index (χ4v) is 2.19. The second-order valence-corrected chi connectivity index (χ2v) is 6.01. The Hall–Kier alpha value is -0.580. The van der Waals surface area contributed by atoms with Gasteiger partial charge in [-0.2, -0.15) is 0 Å². The Morgan fingerprint density at radius 2 is 1.94 bits per heavy atom. The molecule has 2 N–H and O–H groups in total. The molecule has 0 heterocycles. The van der Waals surface area contributed by atoms with Gasteiger partial charge in [0.25, 0.3) is 0 Å². The monoisotopic (exact) mass is 315 g/mol. The first-order valence-corrected chi connectivity index (χ1v) is 6.87. The van der Waals surface area contributed by atoms with Crippen LogP contribution >= 0.6 is 15.9 Å². The standard InChI is InChI=1S/C14H22BrNO2/c1-9(16-10(2)14(3,4)17)11-6-7-13(18-5)12(15)8-11/h6-10,16-17H,1-5H3. The summed E-state index contributed by atoms with van der Waals surface area (Å²) in [7, 11) is 1.65. The van der Waals surface area contributed by atoms with E-state index in [0.29, 0.717) is 0 Å². The summed E-state index contributed by atoms with van der Waals surface area (Å²) in [5, 5.41) is 13.3. The summed E-state index contributed by atoms with van der Waals surface area (Å²) < 4.78 is 6.14. The van der Waals surface area contributed by atoms with Crippen LogP contribution in [0.25, 0.3) is 0 Å². The Balaban J connectivity index is 2.79. The normalized spacial score (nSPS) is 15.3. The van der Waals surface area contributed by atoms with Gasteiger partial charge in [0.15, 0.2) is 0 Å². The van der Waals surface area contributed by atoms with E-state index < -0.39 is 5.60 Å². The molecule has 0 aliphatic rings. The summed E-state index contributed by atoms with van der Waals surface area (Å²) in [6.45, 7) is 7.67. The fraction of sp³-hybridized carbons (Fsp3) is 0.571. The van der Waals surface area contributed by atoms with E-state index in [1.165, 1.54) is 0 Å². The van der Waals surface area contributed by atoms with Crippen LogP contribution in [0.5, 0.6) is 5.75 Å². The van der Waals surface area contributed by atoms with Crippen molar-refractivity contribution in [2.24, 2.45) is 0 Å². The summed E-state index contributed by atoms with van der Waals surface area (Å²) in [5.41, 5.74) is 0.414. The molecule has 1 aromatic carbocycles. The van der Waals surface area contributed by atoms with Crippen molar-refractivity contribution in [2.45, 2.75) is 45.4 Å². The first kappa shape index (κ1) is 15.5. The average Bonchev–Trinajstić information content (AvgIpc) is 2.27. The Labute approximate surface area is 118 Å². The highest BCUT2D eigenvalue weighted by molar-refractivity contribution is 9.10. The molecular weight excluding hydrogens is 294 g/mol. The molecule has 0 radical (unpaired) electrons. The first-order valence-electron chi connectivity index (χ1n) is 6.07. The van der Waals surface area contributed by atoms with E-state index in [1.807, 2.05) is 25.1 Å². The highest BCUT2D eigenvalue weighted by Gasteiger charge is 2.23. The van der Waals surface area contributed by atoms with Gasteiger partial charge >= 0.3 is 0 Å². The minimum Gasteiger partial charge on any atom is -0.496 e. The number of hydrogen-bond donors (Lipinski definition) is 2. The van der Waals surface area contributed by atoms with Crippen molar-refractivity contribution in [3.8, 4) is 5.75 Å². The van der Waals surface area contributed by atoms with E-state index in [0.717, 1.165) is 15.8 Å². The van der Waals surface area contributed by atoms with Gasteiger partial charge in [0, 0.05) is 12.1 Å². The van der Waals surface area contributed by atoms with Crippen LogP contribution in [0.2, 0.25) is 0 Å². The molecule has 0 spiro atoms. The molecule has 0 aliphatic carbocycles. The van der Waals surface area contributed by atoms with Crippen molar-refractivity contribution in [1.82, 2.24) is 5.32 Å². The van der Waals surface area contributed by atoms with Crippen molar-refractivity contribution in [3.63, 3.8) is 0 Å². The second-order valence-electron chi connectivity index (χ2n) is 5.16. The number of benzene rings is 1. The predicted octanol–water partition coefficient (Wildman–Crippen LogP) is 3.27. The summed E-state index contributed by atoms with van der Waals surface area (Å²) in [4.78, 5) is 0. The molecule has 0 saturated carbocycles. The highest BCUT2D eigenvalue weighted by Crippen LogP contribution is 2.28. The zero-order valence-electron chi connectivity index (χ0n) is 11.6. The highest BCUT2D eigenvalue weighted by atomic mass is 79.9. The van der Waals surface area contributed by atoms with Crippen LogP contribution in [-0.4, -0.2) is 23.9 Å². The number of nitrogens with one attached hydrogen (secondary N) is 1. The van der Waals surface area contributed by atoms with Gasteiger partial charge in [-0.1, -0.05) is 6.07 Å². The maximum Gasteiger partial charge on any atom is 0.133 e. The summed E-state index contributed by atoms with van der Waals surface area (Å²) in [6, 6.07) is 6.17. The smallest absolute Gasteiger partial charge is 0.133 e. The maximum absolute atomic E-state index is 9.93. The minimum atomic E-state index is -0.738. The van der Waals surface area contributed by atoms with E-state index >= 15 is 0 Å². The van der Waals surface area contributed by atoms with Crippen LogP contribution in [0.3, 0.4) is 0 Å². The van der Waals surface area contributed by atoms with Crippen molar-refractivity contribution >= 4 is 15.9 Å². The van der Waals surface area contributed by atoms with Crippen molar-refractivity contribution in [2.75, 3.05) is 7.11 Å². The van der Waals surface area contributed by atoms with Crippen LogP contribution < -0.4 is 10.1 Å². The number of ether oxygens (including phenoxy) is 1. The van der Waals surface area contributed by atoms with E-state index in [-0.39, 0.29) is 12.1 Å². The average molecular weight is 316 g/mol. The SMILES string of the molecule is COc1ccc(C(C)NC(C)C(C)(C)O)cc1Br. The molecule has 2 atom stereocenters. The van der Waals surface area contributed by atoms with Gasteiger partial charge < -0.3 is 15.2 Å². The van der Waals surface area contributed by atoms with E-state index in [9.17, 15) is 5.11 Å². The topological polar surface area (TPSA) is 41.5 Å².